The summed E-state index contributed by atoms with van der Waals surface area (Å²) in [5.41, 5.74) is 1.16. The van der Waals surface area contributed by atoms with Crippen molar-refractivity contribution in [3.8, 4) is 11.5 Å². The number of carboxylic acids is 1. The maximum absolute atomic E-state index is 12.2. The van der Waals surface area contributed by atoms with Gasteiger partial charge in [-0.15, -0.1) is 0 Å². The van der Waals surface area contributed by atoms with Gasteiger partial charge in [-0.1, -0.05) is 24.3 Å². The topological polar surface area (TPSA) is 99.7 Å². The van der Waals surface area contributed by atoms with Gasteiger partial charge in [0.1, 0.15) is 0 Å². The van der Waals surface area contributed by atoms with Crippen LogP contribution >= 0.6 is 0 Å². The normalized spacial score (nSPS) is 11.3. The first-order valence-corrected chi connectivity index (χ1v) is 7.57. The molecule has 0 heterocycles. The highest BCUT2D eigenvalue weighted by Crippen LogP contribution is 2.30. The first-order valence-electron chi connectivity index (χ1n) is 7.57. The van der Waals surface area contributed by atoms with E-state index in [1.807, 2.05) is 6.07 Å². The summed E-state index contributed by atoms with van der Waals surface area (Å²) in [5, 5.41) is 16.3. The number of aliphatic carboxylic acids is 1. The van der Waals surface area contributed by atoms with Crippen molar-refractivity contribution in [1.82, 2.24) is 5.32 Å². The highest BCUT2D eigenvalue weighted by Gasteiger charge is 2.17. The van der Waals surface area contributed by atoms with E-state index >= 15 is 0 Å². The van der Waals surface area contributed by atoms with Gasteiger partial charge in [-0.25, -0.2) is 4.79 Å². The maximum atomic E-state index is 12.2. The zero-order valence-corrected chi connectivity index (χ0v) is 13.9. The van der Waals surface area contributed by atoms with Crippen LogP contribution in [0.15, 0.2) is 48.5 Å². The number of amides is 2. The maximum Gasteiger partial charge on any atom is 0.319 e. The number of carbonyl (C=O) groups is 2. The third-order valence-electron chi connectivity index (χ3n) is 3.52. The Kier molecular flexibility index (Phi) is 6.22. The van der Waals surface area contributed by atoms with Gasteiger partial charge in [0.2, 0.25) is 0 Å². The molecule has 2 N–H and O–H groups in total. The van der Waals surface area contributed by atoms with Crippen LogP contribution in [0.25, 0.3) is 0 Å². The van der Waals surface area contributed by atoms with Crippen molar-refractivity contribution in [3.05, 3.63) is 54.1 Å². The number of benzene rings is 2. The number of carbonyl (C=O) groups excluding carboxylic acids is 2. The summed E-state index contributed by atoms with van der Waals surface area (Å²) in [6.07, 6.45) is -0.377. The standard InChI is InChI=1S/C18H20N2O5/c1-24-15-9-8-12(10-16(15)25-2)14(11-17(21)22)20-18(23)19-13-6-4-3-5-7-13/h3-10,14H,11H2,1-2H3,(H,21,22)(H2,19,20,23)/p-1/t14-/m1/s1. The lowest BCUT2D eigenvalue weighted by Crippen LogP contribution is -2.36. The molecule has 0 bridgehead atoms. The number of methoxy groups -OCH3 is 2. The van der Waals surface area contributed by atoms with E-state index in [9.17, 15) is 14.7 Å². The average molecular weight is 343 g/mol. The van der Waals surface area contributed by atoms with Gasteiger partial charge in [0.15, 0.2) is 11.5 Å². The predicted molar refractivity (Wildman–Crippen MR) is 90.5 cm³/mol. The summed E-state index contributed by atoms with van der Waals surface area (Å²) in [4.78, 5) is 23.2. The van der Waals surface area contributed by atoms with Crippen LogP contribution in [0.3, 0.4) is 0 Å². The molecule has 7 nitrogen and oxygen atoms in total. The Morgan fingerprint density at radius 1 is 1.04 bits per heavy atom. The van der Waals surface area contributed by atoms with E-state index in [1.165, 1.54) is 14.2 Å². The van der Waals surface area contributed by atoms with Crippen LogP contribution in [0.5, 0.6) is 11.5 Å². The van der Waals surface area contributed by atoms with Crippen molar-refractivity contribution in [2.24, 2.45) is 0 Å². The van der Waals surface area contributed by atoms with Crippen molar-refractivity contribution in [2.45, 2.75) is 12.5 Å². The summed E-state index contributed by atoms with van der Waals surface area (Å²) in [7, 11) is 2.98. The lowest BCUT2D eigenvalue weighted by molar-refractivity contribution is -0.306. The van der Waals surface area contributed by atoms with Crippen LogP contribution in [0, 0.1) is 0 Å². The van der Waals surface area contributed by atoms with Crippen molar-refractivity contribution < 1.29 is 24.2 Å². The van der Waals surface area contributed by atoms with Gasteiger partial charge in [0.25, 0.3) is 0 Å². The van der Waals surface area contributed by atoms with E-state index in [-0.39, 0.29) is 6.42 Å². The molecule has 2 aromatic carbocycles. The SMILES string of the molecule is COc1ccc([C@@H](CC(=O)[O-])NC(=O)Nc2ccccc2)cc1OC. The number of nitrogens with one attached hydrogen (secondary N) is 2. The van der Waals surface area contributed by atoms with Crippen molar-refractivity contribution in [3.63, 3.8) is 0 Å². The molecule has 0 saturated carbocycles. The molecule has 132 valence electrons. The predicted octanol–water partition coefficient (Wildman–Crippen LogP) is 1.71. The number of ether oxygens (including phenoxy) is 2. The minimum atomic E-state index is -1.28. The fourth-order valence-corrected chi connectivity index (χ4v) is 2.34. The van der Waals surface area contributed by atoms with Gasteiger partial charge in [0.05, 0.1) is 20.3 Å². The highest BCUT2D eigenvalue weighted by atomic mass is 16.5. The molecule has 0 aromatic heterocycles. The largest absolute Gasteiger partial charge is 0.550 e. The van der Waals surface area contributed by atoms with Crippen LogP contribution in [0.1, 0.15) is 18.0 Å². The van der Waals surface area contributed by atoms with E-state index in [0.29, 0.717) is 22.7 Å². The number of rotatable bonds is 7. The molecule has 0 aliphatic heterocycles. The summed E-state index contributed by atoms with van der Waals surface area (Å²) in [6.45, 7) is 0. The van der Waals surface area contributed by atoms with Gasteiger partial charge in [-0.05, 0) is 29.8 Å². The molecule has 2 amide bonds. The number of carboxylic acid groups (broad SMARTS) is 1. The van der Waals surface area contributed by atoms with Crippen LogP contribution in [-0.2, 0) is 4.79 Å². The molecule has 0 spiro atoms. The molecule has 7 heteroatoms. The molecular weight excluding hydrogens is 324 g/mol. The molecule has 0 fully saturated rings. The molecule has 25 heavy (non-hydrogen) atoms. The Morgan fingerprint density at radius 3 is 2.32 bits per heavy atom. The third-order valence-corrected chi connectivity index (χ3v) is 3.52. The summed E-state index contributed by atoms with van der Waals surface area (Å²) in [5.74, 6) is -0.333. The van der Waals surface area contributed by atoms with Crippen molar-refractivity contribution in [1.29, 1.82) is 0 Å². The second-order valence-corrected chi connectivity index (χ2v) is 5.21. The Hall–Kier alpha value is -3.22. The Bertz CT molecular complexity index is 734. The lowest BCUT2D eigenvalue weighted by atomic mass is 10.0. The molecule has 0 unspecified atom stereocenters. The Balaban J connectivity index is 2.18. The van der Waals surface area contributed by atoms with E-state index < -0.39 is 18.0 Å². The van der Waals surface area contributed by atoms with Gasteiger partial charge < -0.3 is 30.0 Å². The molecule has 1 atom stereocenters. The van der Waals surface area contributed by atoms with E-state index in [1.54, 1.807) is 42.5 Å². The zero-order chi connectivity index (χ0) is 18.2. The molecular formula is C18H19N2O5-. The summed E-state index contributed by atoms with van der Waals surface area (Å²) >= 11 is 0. The lowest BCUT2D eigenvalue weighted by Gasteiger charge is -2.21. The van der Waals surface area contributed by atoms with Crippen LogP contribution < -0.4 is 25.2 Å². The summed E-state index contributed by atoms with van der Waals surface area (Å²) < 4.78 is 10.4. The first kappa shape index (κ1) is 18.1. The number of hydrogen-bond acceptors (Lipinski definition) is 5. The fraction of sp³-hybridized carbons (Fsp3) is 0.222. The molecule has 2 rings (SSSR count). The number of urea groups is 1. The monoisotopic (exact) mass is 343 g/mol. The Labute approximate surface area is 145 Å². The minimum Gasteiger partial charge on any atom is -0.550 e. The zero-order valence-electron chi connectivity index (χ0n) is 13.9. The van der Waals surface area contributed by atoms with E-state index in [4.69, 9.17) is 9.47 Å². The van der Waals surface area contributed by atoms with Crippen LogP contribution in [-0.4, -0.2) is 26.2 Å². The smallest absolute Gasteiger partial charge is 0.319 e. The van der Waals surface area contributed by atoms with E-state index in [0.717, 1.165) is 0 Å². The van der Waals surface area contributed by atoms with Gasteiger partial charge in [-0.3, -0.25) is 0 Å². The third kappa shape index (κ3) is 5.13. The summed E-state index contributed by atoms with van der Waals surface area (Å²) in [6, 6.07) is 12.5. The van der Waals surface area contributed by atoms with Gasteiger partial charge in [0, 0.05) is 18.1 Å². The minimum absolute atomic E-state index is 0.377. The van der Waals surface area contributed by atoms with Crippen LogP contribution in [0.2, 0.25) is 0 Å². The quantitative estimate of drug-likeness (QED) is 0.797. The second kappa shape index (κ2) is 8.58. The number of hydrogen-bond donors (Lipinski definition) is 2. The van der Waals surface area contributed by atoms with Crippen molar-refractivity contribution >= 4 is 17.7 Å². The molecule has 0 saturated heterocycles. The molecule has 0 aliphatic carbocycles. The average Bonchev–Trinajstić information content (AvgIpc) is 2.61. The molecule has 2 aromatic rings. The molecule has 0 radical (unpaired) electrons. The van der Waals surface area contributed by atoms with Crippen molar-refractivity contribution in [2.75, 3.05) is 19.5 Å². The Morgan fingerprint density at radius 2 is 1.72 bits per heavy atom. The van der Waals surface area contributed by atoms with E-state index in [2.05, 4.69) is 10.6 Å². The van der Waals surface area contributed by atoms with Crippen LogP contribution in [0.4, 0.5) is 10.5 Å². The number of anilines is 1. The van der Waals surface area contributed by atoms with Gasteiger partial charge >= 0.3 is 6.03 Å². The van der Waals surface area contributed by atoms with Gasteiger partial charge in [-0.2, -0.15) is 0 Å². The molecule has 0 aliphatic rings. The highest BCUT2D eigenvalue weighted by molar-refractivity contribution is 5.89. The fourth-order valence-electron chi connectivity index (χ4n) is 2.34. The second-order valence-electron chi connectivity index (χ2n) is 5.21. The number of para-hydroxylation sites is 1. The first-order chi connectivity index (χ1) is 12.0.